The number of benzene rings is 2. The lowest BCUT2D eigenvalue weighted by molar-refractivity contribution is -0.121. The number of nitriles is 1. The number of carbonyl (C=O) groups is 2. The Bertz CT molecular complexity index is 1190. The van der Waals surface area contributed by atoms with Crippen LogP contribution in [-0.4, -0.2) is 64.1 Å². The molecule has 1 saturated heterocycles. The second-order valence-corrected chi connectivity index (χ2v) is 9.48. The molecule has 0 radical (unpaired) electrons. The highest BCUT2D eigenvalue weighted by molar-refractivity contribution is 7.89. The molecule has 3 rings (SSSR count). The third kappa shape index (κ3) is 6.09. The van der Waals surface area contributed by atoms with Crippen LogP contribution in [0, 0.1) is 17.1 Å². The standard InChI is InChI=1S/C22H21ClFN3O6S/c23-19-7-2-16(14-20(19)34(30,31)26-10-12-32-13-11-26)22(29)33-15-21(28)27(9-1-8-25)18-5-3-17(24)4-6-18/h2-7,14H,1,9-13,15H2. The van der Waals surface area contributed by atoms with Crippen LogP contribution >= 0.6 is 11.6 Å². The summed E-state index contributed by atoms with van der Waals surface area (Å²) in [6.07, 6.45) is 0.0109. The molecule has 9 nitrogen and oxygen atoms in total. The summed E-state index contributed by atoms with van der Waals surface area (Å²) in [5.74, 6) is -2.05. The molecule has 0 bridgehead atoms. The zero-order valence-electron chi connectivity index (χ0n) is 17.9. The first-order chi connectivity index (χ1) is 16.2. The minimum atomic E-state index is -3.97. The normalized spacial score (nSPS) is 14.3. The van der Waals surface area contributed by atoms with Crippen molar-refractivity contribution in [3.63, 3.8) is 0 Å². The van der Waals surface area contributed by atoms with Crippen LogP contribution in [0.15, 0.2) is 47.4 Å². The number of halogens is 2. The van der Waals surface area contributed by atoms with Gasteiger partial charge in [0, 0.05) is 25.3 Å². The number of sulfonamides is 1. The topological polar surface area (TPSA) is 117 Å². The third-order valence-corrected chi connectivity index (χ3v) is 7.35. The van der Waals surface area contributed by atoms with Crippen molar-refractivity contribution in [1.29, 1.82) is 5.26 Å². The van der Waals surface area contributed by atoms with Crippen molar-refractivity contribution in [2.24, 2.45) is 0 Å². The highest BCUT2D eigenvalue weighted by Crippen LogP contribution is 2.27. The lowest BCUT2D eigenvalue weighted by Crippen LogP contribution is -2.40. The highest BCUT2D eigenvalue weighted by atomic mass is 35.5. The molecule has 0 N–H and O–H groups in total. The molecule has 1 aliphatic heterocycles. The summed E-state index contributed by atoms with van der Waals surface area (Å²) in [6.45, 7) is 0.152. The van der Waals surface area contributed by atoms with E-state index in [0.717, 1.165) is 18.2 Å². The number of hydrogen-bond acceptors (Lipinski definition) is 7. The van der Waals surface area contributed by atoms with Gasteiger partial charge in [-0.05, 0) is 42.5 Å². The summed E-state index contributed by atoms with van der Waals surface area (Å²) in [6, 6.07) is 10.7. The van der Waals surface area contributed by atoms with Gasteiger partial charge < -0.3 is 14.4 Å². The van der Waals surface area contributed by atoms with Gasteiger partial charge in [0.2, 0.25) is 10.0 Å². The van der Waals surface area contributed by atoms with E-state index in [9.17, 15) is 22.4 Å². The van der Waals surface area contributed by atoms with E-state index in [0.29, 0.717) is 5.69 Å². The molecule has 180 valence electrons. The van der Waals surface area contributed by atoms with Crippen LogP contribution in [0.1, 0.15) is 16.8 Å². The highest BCUT2D eigenvalue weighted by Gasteiger charge is 2.29. The molecule has 2 aromatic carbocycles. The molecule has 0 aromatic heterocycles. The third-order valence-electron chi connectivity index (χ3n) is 4.97. The molecule has 0 unspecified atom stereocenters. The fourth-order valence-electron chi connectivity index (χ4n) is 3.22. The van der Waals surface area contributed by atoms with Gasteiger partial charge in [-0.25, -0.2) is 17.6 Å². The molecule has 0 aliphatic carbocycles. The summed E-state index contributed by atoms with van der Waals surface area (Å²) in [4.78, 5) is 26.2. The molecule has 0 atom stereocenters. The van der Waals surface area contributed by atoms with Gasteiger partial charge in [0.05, 0.1) is 36.3 Å². The zero-order chi connectivity index (χ0) is 24.7. The van der Waals surface area contributed by atoms with Gasteiger partial charge in [0.15, 0.2) is 6.61 Å². The minimum absolute atomic E-state index is 0.0109. The van der Waals surface area contributed by atoms with Crippen molar-refractivity contribution >= 4 is 39.2 Å². The van der Waals surface area contributed by atoms with E-state index < -0.39 is 34.3 Å². The van der Waals surface area contributed by atoms with Crippen LogP contribution in [0.5, 0.6) is 0 Å². The number of ether oxygens (including phenoxy) is 2. The molecule has 0 saturated carbocycles. The summed E-state index contributed by atoms with van der Waals surface area (Å²) in [5, 5.41) is 8.80. The van der Waals surface area contributed by atoms with Crippen molar-refractivity contribution in [2.75, 3.05) is 44.4 Å². The van der Waals surface area contributed by atoms with Gasteiger partial charge in [-0.15, -0.1) is 0 Å². The number of hydrogen-bond donors (Lipinski definition) is 0. The number of nitrogens with zero attached hydrogens (tertiary/aromatic N) is 3. The van der Waals surface area contributed by atoms with Crippen molar-refractivity contribution in [1.82, 2.24) is 4.31 Å². The van der Waals surface area contributed by atoms with E-state index in [4.69, 9.17) is 26.3 Å². The van der Waals surface area contributed by atoms with Crippen LogP contribution in [0.4, 0.5) is 10.1 Å². The molecule has 34 heavy (non-hydrogen) atoms. The quantitative estimate of drug-likeness (QED) is 0.502. The van der Waals surface area contributed by atoms with Crippen LogP contribution in [0.3, 0.4) is 0 Å². The van der Waals surface area contributed by atoms with Gasteiger partial charge in [-0.3, -0.25) is 4.79 Å². The van der Waals surface area contributed by atoms with Crippen LogP contribution in [0.25, 0.3) is 0 Å². The molecule has 2 aromatic rings. The van der Waals surface area contributed by atoms with Crippen molar-refractivity contribution < 1.29 is 31.9 Å². The second-order valence-electron chi connectivity index (χ2n) is 7.17. The Kier molecular flexibility index (Phi) is 8.57. The first-order valence-electron chi connectivity index (χ1n) is 10.2. The van der Waals surface area contributed by atoms with E-state index >= 15 is 0 Å². The Morgan fingerprint density at radius 3 is 2.50 bits per heavy atom. The molecular weight excluding hydrogens is 489 g/mol. The van der Waals surface area contributed by atoms with Gasteiger partial charge in [0.25, 0.3) is 5.91 Å². The fraction of sp³-hybridized carbons (Fsp3) is 0.318. The van der Waals surface area contributed by atoms with E-state index in [2.05, 4.69) is 0 Å². The average Bonchev–Trinajstić information content (AvgIpc) is 2.84. The fourth-order valence-corrected chi connectivity index (χ4v) is 5.13. The molecule has 12 heteroatoms. The smallest absolute Gasteiger partial charge is 0.338 e. The maximum absolute atomic E-state index is 13.2. The number of carbonyl (C=O) groups excluding carboxylic acids is 2. The second kappa shape index (κ2) is 11.4. The lowest BCUT2D eigenvalue weighted by atomic mass is 10.2. The molecule has 1 aliphatic rings. The lowest BCUT2D eigenvalue weighted by Gasteiger charge is -2.26. The summed E-state index contributed by atoms with van der Waals surface area (Å²) in [5.41, 5.74) is 0.234. The van der Waals surface area contributed by atoms with Crippen LogP contribution < -0.4 is 4.90 Å². The minimum Gasteiger partial charge on any atom is -0.452 e. The molecule has 0 spiro atoms. The van der Waals surface area contributed by atoms with Gasteiger partial charge in [-0.1, -0.05) is 11.6 Å². The van der Waals surface area contributed by atoms with Gasteiger partial charge in [0.1, 0.15) is 10.7 Å². The SMILES string of the molecule is N#CCCN(C(=O)COC(=O)c1ccc(Cl)c(S(=O)(=O)N2CCOCC2)c1)c1ccc(F)cc1. The average molecular weight is 510 g/mol. The summed E-state index contributed by atoms with van der Waals surface area (Å²) >= 11 is 6.10. The van der Waals surface area contributed by atoms with Crippen LogP contribution in [-0.2, 0) is 24.3 Å². The van der Waals surface area contributed by atoms with Gasteiger partial charge in [-0.2, -0.15) is 9.57 Å². The first-order valence-corrected chi connectivity index (χ1v) is 12.0. The molecule has 1 amide bonds. The monoisotopic (exact) mass is 509 g/mol. The van der Waals surface area contributed by atoms with Crippen molar-refractivity contribution in [3.05, 3.63) is 58.9 Å². The van der Waals surface area contributed by atoms with Gasteiger partial charge >= 0.3 is 5.97 Å². The van der Waals surface area contributed by atoms with E-state index in [1.54, 1.807) is 0 Å². The molecule has 1 heterocycles. The maximum Gasteiger partial charge on any atom is 0.338 e. The Hall–Kier alpha value is -3.04. The first kappa shape index (κ1) is 25.6. The number of esters is 1. The van der Waals surface area contributed by atoms with Crippen molar-refractivity contribution in [2.45, 2.75) is 11.3 Å². The largest absolute Gasteiger partial charge is 0.452 e. The molecule has 1 fully saturated rings. The summed E-state index contributed by atoms with van der Waals surface area (Å²) in [7, 11) is -3.97. The predicted octanol–water partition coefficient (Wildman–Crippen LogP) is 2.60. The summed E-state index contributed by atoms with van der Waals surface area (Å²) < 4.78 is 50.6. The van der Waals surface area contributed by atoms with E-state index in [1.807, 2.05) is 6.07 Å². The Morgan fingerprint density at radius 2 is 1.85 bits per heavy atom. The van der Waals surface area contributed by atoms with E-state index in [1.165, 1.54) is 33.5 Å². The maximum atomic E-state index is 13.2. The Labute approximate surface area is 201 Å². The zero-order valence-corrected chi connectivity index (χ0v) is 19.5. The van der Waals surface area contributed by atoms with Crippen molar-refractivity contribution in [3.8, 4) is 6.07 Å². The number of rotatable bonds is 8. The Balaban J connectivity index is 1.73. The predicted molar refractivity (Wildman–Crippen MR) is 120 cm³/mol. The number of morpholine rings is 1. The number of anilines is 1. The van der Waals surface area contributed by atoms with Crippen LogP contribution in [0.2, 0.25) is 5.02 Å². The molecular formula is C22H21ClFN3O6S. The van der Waals surface area contributed by atoms with E-state index in [-0.39, 0.29) is 54.8 Å². The number of amides is 1. The Morgan fingerprint density at radius 1 is 1.18 bits per heavy atom.